The number of carbonyl (C=O) groups excluding carboxylic acids is 1. The molecule has 5 heteroatoms. The van der Waals surface area contributed by atoms with Gasteiger partial charge in [-0.2, -0.15) is 0 Å². The molecule has 2 aromatic rings. The molecule has 2 atom stereocenters. The summed E-state index contributed by atoms with van der Waals surface area (Å²) in [6.45, 7) is 1.17. The van der Waals surface area contributed by atoms with E-state index in [0.29, 0.717) is 24.2 Å². The highest BCUT2D eigenvalue weighted by atomic mass is 16.5. The Labute approximate surface area is 134 Å². The van der Waals surface area contributed by atoms with E-state index >= 15 is 0 Å². The number of nitrogens with one attached hydrogen (secondary N) is 1. The number of pyridine rings is 1. The largest absolute Gasteiger partial charge is 0.374 e. The Hall–Kier alpha value is -2.14. The van der Waals surface area contributed by atoms with Crippen LogP contribution in [-0.2, 0) is 4.74 Å². The third kappa shape index (κ3) is 2.55. The van der Waals surface area contributed by atoms with Crippen LogP contribution in [0.3, 0.4) is 0 Å². The molecule has 2 fully saturated rings. The molecule has 2 heterocycles. The van der Waals surface area contributed by atoms with Crippen molar-refractivity contribution in [2.24, 2.45) is 0 Å². The maximum absolute atomic E-state index is 13.0. The Bertz CT molecular complexity index is 796. The van der Waals surface area contributed by atoms with Crippen LogP contribution in [0.2, 0.25) is 0 Å². The van der Waals surface area contributed by atoms with Gasteiger partial charge in [0.15, 0.2) is 0 Å². The smallest absolute Gasteiger partial charge is 0.270 e. The number of H-pyrrole nitrogens is 1. The summed E-state index contributed by atoms with van der Waals surface area (Å²) in [7, 11) is 0. The van der Waals surface area contributed by atoms with E-state index in [9.17, 15) is 9.59 Å². The van der Waals surface area contributed by atoms with Crippen molar-refractivity contribution in [2.75, 3.05) is 13.2 Å². The van der Waals surface area contributed by atoms with E-state index < -0.39 is 0 Å². The summed E-state index contributed by atoms with van der Waals surface area (Å²) in [5.74, 6) is -0.0898. The fourth-order valence-electron chi connectivity index (χ4n) is 3.83. The molecule has 1 aromatic heterocycles. The number of aromatic amines is 1. The summed E-state index contributed by atoms with van der Waals surface area (Å²) in [6, 6.07) is 9.26. The third-order valence-electron chi connectivity index (χ3n) is 4.98. The molecule has 0 spiro atoms. The molecule has 1 aliphatic carbocycles. The van der Waals surface area contributed by atoms with Gasteiger partial charge >= 0.3 is 0 Å². The van der Waals surface area contributed by atoms with Gasteiger partial charge in [-0.1, -0.05) is 31.0 Å². The highest BCUT2D eigenvalue weighted by Crippen LogP contribution is 2.29. The highest BCUT2D eigenvalue weighted by Gasteiger charge is 2.37. The molecule has 2 aliphatic rings. The van der Waals surface area contributed by atoms with Crippen LogP contribution in [-0.4, -0.2) is 41.1 Å². The fraction of sp³-hybridized carbons (Fsp3) is 0.444. The van der Waals surface area contributed by atoms with Gasteiger partial charge in [0.25, 0.3) is 11.5 Å². The van der Waals surface area contributed by atoms with Gasteiger partial charge in [-0.05, 0) is 30.4 Å². The lowest BCUT2D eigenvalue weighted by Gasteiger charge is -2.43. The molecule has 1 aromatic carbocycles. The standard InChI is InChI=1S/C18H20N2O3/c21-17-13-6-2-1-5-12(13)11-14(19-17)18(22)20-9-10-23-16-8-4-3-7-15(16)20/h1-2,5-6,11,15-16H,3-4,7-10H2,(H,19,21)/t15-,16-/m1/s1. The number of fused-ring (bicyclic) bond motifs is 2. The van der Waals surface area contributed by atoms with Crippen molar-refractivity contribution in [3.05, 3.63) is 46.4 Å². The maximum Gasteiger partial charge on any atom is 0.270 e. The van der Waals surface area contributed by atoms with Crippen molar-refractivity contribution in [3.63, 3.8) is 0 Å². The average molecular weight is 312 g/mol. The normalized spacial score (nSPS) is 24.4. The summed E-state index contributed by atoms with van der Waals surface area (Å²) in [6.07, 6.45) is 4.43. The van der Waals surface area contributed by atoms with Gasteiger partial charge in [-0.15, -0.1) is 0 Å². The van der Waals surface area contributed by atoms with E-state index in [4.69, 9.17) is 4.74 Å². The Morgan fingerprint density at radius 2 is 2.04 bits per heavy atom. The first-order valence-corrected chi connectivity index (χ1v) is 8.29. The van der Waals surface area contributed by atoms with Crippen LogP contribution >= 0.6 is 0 Å². The average Bonchev–Trinajstić information content (AvgIpc) is 2.60. The zero-order chi connectivity index (χ0) is 15.8. The SMILES string of the molecule is O=C(c1cc2ccccc2c(=O)[nH]1)N1CCO[C@@H]2CCCC[C@H]21. The van der Waals surface area contributed by atoms with Crippen LogP contribution in [0.5, 0.6) is 0 Å². The van der Waals surface area contributed by atoms with Gasteiger partial charge in [-0.25, -0.2) is 0 Å². The maximum atomic E-state index is 13.0. The molecular weight excluding hydrogens is 292 g/mol. The summed E-state index contributed by atoms with van der Waals surface area (Å²) in [5, 5.41) is 1.41. The molecule has 1 saturated heterocycles. The number of benzene rings is 1. The van der Waals surface area contributed by atoms with Gasteiger partial charge in [0.05, 0.1) is 18.8 Å². The Morgan fingerprint density at radius 1 is 1.22 bits per heavy atom. The molecule has 1 aliphatic heterocycles. The molecule has 0 bridgehead atoms. The number of rotatable bonds is 1. The molecule has 1 amide bonds. The molecule has 1 N–H and O–H groups in total. The summed E-state index contributed by atoms with van der Waals surface area (Å²) < 4.78 is 5.83. The van der Waals surface area contributed by atoms with E-state index in [2.05, 4.69) is 4.98 Å². The van der Waals surface area contributed by atoms with Crippen LogP contribution in [0, 0.1) is 0 Å². The van der Waals surface area contributed by atoms with E-state index in [1.54, 1.807) is 12.1 Å². The van der Waals surface area contributed by atoms with E-state index in [1.165, 1.54) is 0 Å². The predicted molar refractivity (Wildman–Crippen MR) is 87.6 cm³/mol. The molecule has 23 heavy (non-hydrogen) atoms. The van der Waals surface area contributed by atoms with Crippen LogP contribution in [0.15, 0.2) is 35.1 Å². The number of amides is 1. The molecule has 5 nitrogen and oxygen atoms in total. The molecule has 0 radical (unpaired) electrons. The quantitative estimate of drug-likeness (QED) is 0.879. The minimum absolute atomic E-state index is 0.0898. The zero-order valence-corrected chi connectivity index (χ0v) is 13.0. The Morgan fingerprint density at radius 3 is 2.96 bits per heavy atom. The number of aromatic nitrogens is 1. The molecule has 0 unspecified atom stereocenters. The monoisotopic (exact) mass is 312 g/mol. The topological polar surface area (TPSA) is 62.4 Å². The lowest BCUT2D eigenvalue weighted by atomic mass is 9.90. The Kier molecular flexibility index (Phi) is 3.65. The van der Waals surface area contributed by atoms with Gasteiger partial charge in [0.1, 0.15) is 5.69 Å². The highest BCUT2D eigenvalue weighted by molar-refractivity contribution is 5.96. The lowest BCUT2D eigenvalue weighted by molar-refractivity contribution is -0.0754. The fourth-order valence-corrected chi connectivity index (χ4v) is 3.83. The second-order valence-corrected chi connectivity index (χ2v) is 6.36. The van der Waals surface area contributed by atoms with Crippen molar-refractivity contribution < 1.29 is 9.53 Å². The molecule has 1 saturated carbocycles. The first-order chi connectivity index (χ1) is 11.2. The summed E-state index contributed by atoms with van der Waals surface area (Å²) in [4.78, 5) is 29.8. The van der Waals surface area contributed by atoms with Gasteiger partial charge in [0, 0.05) is 11.9 Å². The van der Waals surface area contributed by atoms with Crippen molar-refractivity contribution in [1.82, 2.24) is 9.88 Å². The first-order valence-electron chi connectivity index (χ1n) is 8.29. The number of morpholine rings is 1. The van der Waals surface area contributed by atoms with Gasteiger partial charge in [0.2, 0.25) is 0 Å². The summed E-state index contributed by atoms with van der Waals surface area (Å²) in [5.41, 5.74) is 0.167. The van der Waals surface area contributed by atoms with Crippen molar-refractivity contribution in [3.8, 4) is 0 Å². The number of hydrogen-bond acceptors (Lipinski definition) is 3. The second-order valence-electron chi connectivity index (χ2n) is 6.36. The van der Waals surface area contributed by atoms with Gasteiger partial charge in [-0.3, -0.25) is 9.59 Å². The predicted octanol–water partition coefficient (Wildman–Crippen LogP) is 2.31. The lowest BCUT2D eigenvalue weighted by Crippen LogP contribution is -2.55. The Balaban J connectivity index is 1.69. The van der Waals surface area contributed by atoms with Crippen LogP contribution in [0.25, 0.3) is 10.8 Å². The third-order valence-corrected chi connectivity index (χ3v) is 4.98. The molecule has 4 rings (SSSR count). The number of hydrogen-bond donors (Lipinski definition) is 1. The van der Waals surface area contributed by atoms with Gasteiger partial charge < -0.3 is 14.6 Å². The van der Waals surface area contributed by atoms with E-state index in [1.807, 2.05) is 23.1 Å². The number of carbonyl (C=O) groups is 1. The minimum atomic E-state index is -0.208. The van der Waals surface area contributed by atoms with Crippen molar-refractivity contribution >= 4 is 16.7 Å². The minimum Gasteiger partial charge on any atom is -0.374 e. The number of nitrogens with zero attached hydrogens (tertiary/aromatic N) is 1. The van der Waals surface area contributed by atoms with Crippen LogP contribution in [0.4, 0.5) is 0 Å². The van der Waals surface area contributed by atoms with E-state index in [-0.39, 0.29) is 23.6 Å². The molecular formula is C18H20N2O3. The zero-order valence-electron chi connectivity index (χ0n) is 13.0. The van der Waals surface area contributed by atoms with E-state index in [0.717, 1.165) is 31.1 Å². The van der Waals surface area contributed by atoms with Crippen molar-refractivity contribution in [1.29, 1.82) is 0 Å². The first kappa shape index (κ1) is 14.5. The summed E-state index contributed by atoms with van der Waals surface area (Å²) >= 11 is 0. The van der Waals surface area contributed by atoms with Crippen LogP contribution in [0.1, 0.15) is 36.2 Å². The van der Waals surface area contributed by atoms with Crippen molar-refractivity contribution in [2.45, 2.75) is 37.8 Å². The van der Waals surface area contributed by atoms with Crippen LogP contribution < -0.4 is 5.56 Å². The second kappa shape index (κ2) is 5.81. The number of ether oxygens (including phenoxy) is 1. The molecule has 120 valence electrons.